The summed E-state index contributed by atoms with van der Waals surface area (Å²) >= 11 is 3.57. The van der Waals surface area contributed by atoms with Crippen LogP contribution in [-0.2, 0) is 7.05 Å². The third-order valence-electron chi connectivity index (χ3n) is 3.92. The van der Waals surface area contributed by atoms with Gasteiger partial charge in [-0.2, -0.15) is 0 Å². The predicted octanol–water partition coefficient (Wildman–Crippen LogP) is 3.39. The van der Waals surface area contributed by atoms with E-state index in [-0.39, 0.29) is 0 Å². The quantitative estimate of drug-likeness (QED) is 0.871. The average Bonchev–Trinajstić information content (AvgIpc) is 3.28. The zero-order chi connectivity index (χ0) is 13.0. The molecule has 2 aromatic rings. The van der Waals surface area contributed by atoms with Gasteiger partial charge in [-0.3, -0.25) is 0 Å². The van der Waals surface area contributed by atoms with E-state index < -0.39 is 0 Å². The van der Waals surface area contributed by atoms with Crippen LogP contribution in [0.3, 0.4) is 0 Å². The summed E-state index contributed by atoms with van der Waals surface area (Å²) in [5.41, 5.74) is 2.13. The Kier molecular flexibility index (Phi) is 2.52. The van der Waals surface area contributed by atoms with E-state index in [1.165, 1.54) is 31.5 Å². The molecule has 2 aliphatic carbocycles. The van der Waals surface area contributed by atoms with Gasteiger partial charge in [-0.25, -0.2) is 15.0 Å². The summed E-state index contributed by atoms with van der Waals surface area (Å²) in [6.45, 7) is 0. The fraction of sp³-hybridized carbons (Fsp3) is 0.500. The largest absolute Gasteiger partial charge is 0.330 e. The number of nitrogens with zero attached hydrogens (tertiary/aromatic N) is 4. The molecule has 0 N–H and O–H groups in total. The van der Waals surface area contributed by atoms with Crippen LogP contribution in [0.25, 0.3) is 11.3 Å². The van der Waals surface area contributed by atoms with Crippen molar-refractivity contribution in [3.8, 4) is 11.3 Å². The van der Waals surface area contributed by atoms with Gasteiger partial charge < -0.3 is 4.57 Å². The molecule has 2 heterocycles. The lowest BCUT2D eigenvalue weighted by Crippen LogP contribution is -1.99. The first kappa shape index (κ1) is 11.6. The number of rotatable bonds is 3. The molecule has 2 saturated carbocycles. The van der Waals surface area contributed by atoms with Gasteiger partial charge in [-0.05, 0) is 41.6 Å². The number of hydrogen-bond acceptors (Lipinski definition) is 3. The van der Waals surface area contributed by atoms with E-state index >= 15 is 0 Å². The van der Waals surface area contributed by atoms with Gasteiger partial charge in [0, 0.05) is 36.8 Å². The van der Waals surface area contributed by atoms with Crippen molar-refractivity contribution >= 4 is 15.9 Å². The molecule has 4 nitrogen and oxygen atoms in total. The maximum absolute atomic E-state index is 4.64. The van der Waals surface area contributed by atoms with Gasteiger partial charge in [0.05, 0.1) is 5.69 Å². The minimum atomic E-state index is 0.603. The van der Waals surface area contributed by atoms with E-state index in [0.717, 1.165) is 21.7 Å². The summed E-state index contributed by atoms with van der Waals surface area (Å²) in [5, 5.41) is 0. The maximum Gasteiger partial charge on any atom is 0.132 e. The smallest absolute Gasteiger partial charge is 0.132 e. The van der Waals surface area contributed by atoms with Crippen LogP contribution in [0.15, 0.2) is 17.0 Å². The lowest BCUT2D eigenvalue weighted by molar-refractivity contribution is 0.803. The van der Waals surface area contributed by atoms with Gasteiger partial charge >= 0.3 is 0 Å². The molecule has 5 heteroatoms. The Labute approximate surface area is 120 Å². The molecule has 0 bridgehead atoms. The molecule has 19 heavy (non-hydrogen) atoms. The third-order valence-corrected chi connectivity index (χ3v) is 4.47. The predicted molar refractivity (Wildman–Crippen MR) is 75.9 cm³/mol. The highest BCUT2D eigenvalue weighted by Gasteiger charge is 2.30. The van der Waals surface area contributed by atoms with Crippen molar-refractivity contribution in [2.45, 2.75) is 37.5 Å². The van der Waals surface area contributed by atoms with Gasteiger partial charge in [0.25, 0.3) is 0 Å². The number of aromatic nitrogens is 4. The first-order valence-electron chi connectivity index (χ1n) is 6.78. The molecule has 98 valence electrons. The van der Waals surface area contributed by atoms with Crippen LogP contribution in [0, 0.1) is 0 Å². The molecule has 0 unspecified atom stereocenters. The molecule has 0 radical (unpaired) electrons. The molecule has 2 fully saturated rings. The van der Waals surface area contributed by atoms with Crippen molar-refractivity contribution in [2.75, 3.05) is 0 Å². The van der Waals surface area contributed by atoms with Crippen LogP contribution in [0.5, 0.6) is 0 Å². The first-order chi connectivity index (χ1) is 9.24. The second-order valence-electron chi connectivity index (χ2n) is 5.55. The monoisotopic (exact) mass is 318 g/mol. The van der Waals surface area contributed by atoms with Crippen LogP contribution in [-0.4, -0.2) is 19.5 Å². The second-order valence-corrected chi connectivity index (χ2v) is 6.30. The summed E-state index contributed by atoms with van der Waals surface area (Å²) in [6.07, 6.45) is 8.85. The minimum absolute atomic E-state index is 0.603. The summed E-state index contributed by atoms with van der Waals surface area (Å²) in [6, 6.07) is 0. The zero-order valence-corrected chi connectivity index (χ0v) is 12.4. The molecule has 2 aromatic heterocycles. The summed E-state index contributed by atoms with van der Waals surface area (Å²) in [7, 11) is 2.08. The van der Waals surface area contributed by atoms with Crippen molar-refractivity contribution in [2.24, 2.45) is 7.05 Å². The minimum Gasteiger partial charge on any atom is -0.330 e. The van der Waals surface area contributed by atoms with Crippen molar-refractivity contribution in [1.82, 2.24) is 19.5 Å². The first-order valence-corrected chi connectivity index (χ1v) is 7.57. The SMILES string of the molecule is Cn1c(C2CC2)nc(Br)c1-c1cnc(C2CC2)nc1. The van der Waals surface area contributed by atoms with E-state index in [4.69, 9.17) is 0 Å². The average molecular weight is 319 g/mol. The van der Waals surface area contributed by atoms with Crippen LogP contribution >= 0.6 is 15.9 Å². The van der Waals surface area contributed by atoms with Gasteiger partial charge in [0.15, 0.2) is 0 Å². The normalized spacial score (nSPS) is 18.8. The van der Waals surface area contributed by atoms with E-state index in [0.29, 0.717) is 11.8 Å². The molecule has 0 aliphatic heterocycles. The lowest BCUT2D eigenvalue weighted by atomic mass is 10.2. The van der Waals surface area contributed by atoms with Crippen LogP contribution in [0.4, 0.5) is 0 Å². The van der Waals surface area contributed by atoms with Gasteiger partial charge in [-0.15, -0.1) is 0 Å². The molecule has 2 aliphatic rings. The van der Waals surface area contributed by atoms with Crippen LogP contribution < -0.4 is 0 Å². The molecule has 0 aromatic carbocycles. The molecule has 0 spiro atoms. The molecule has 4 rings (SSSR count). The highest BCUT2D eigenvalue weighted by atomic mass is 79.9. The van der Waals surface area contributed by atoms with E-state index in [9.17, 15) is 0 Å². The second kappa shape index (κ2) is 4.13. The van der Waals surface area contributed by atoms with Crippen LogP contribution in [0.1, 0.15) is 49.2 Å². The number of halogens is 1. The molecule has 0 amide bonds. The Balaban J connectivity index is 1.74. The van der Waals surface area contributed by atoms with E-state index in [1.807, 2.05) is 12.4 Å². The van der Waals surface area contributed by atoms with Crippen molar-refractivity contribution < 1.29 is 0 Å². The number of hydrogen-bond donors (Lipinski definition) is 0. The topological polar surface area (TPSA) is 43.6 Å². The summed E-state index contributed by atoms with van der Waals surface area (Å²) in [5.74, 6) is 3.41. The highest BCUT2D eigenvalue weighted by molar-refractivity contribution is 9.10. The molecular weight excluding hydrogens is 304 g/mol. The highest BCUT2D eigenvalue weighted by Crippen LogP contribution is 2.42. The Morgan fingerprint density at radius 1 is 1.11 bits per heavy atom. The molecule has 0 atom stereocenters. The zero-order valence-electron chi connectivity index (χ0n) is 10.8. The van der Waals surface area contributed by atoms with Gasteiger partial charge in [-0.1, -0.05) is 0 Å². The maximum atomic E-state index is 4.64. The van der Waals surface area contributed by atoms with Gasteiger partial charge in [0.2, 0.25) is 0 Å². The van der Waals surface area contributed by atoms with Crippen molar-refractivity contribution in [1.29, 1.82) is 0 Å². The summed E-state index contributed by atoms with van der Waals surface area (Å²) < 4.78 is 3.08. The third kappa shape index (κ3) is 2.00. The van der Waals surface area contributed by atoms with E-state index in [2.05, 4.69) is 42.5 Å². The van der Waals surface area contributed by atoms with Crippen LogP contribution in [0.2, 0.25) is 0 Å². The Bertz CT molecular complexity index is 624. The standard InChI is InChI=1S/C14H15BrN4/c1-19-11(12(15)18-14(19)9-4-5-9)10-6-16-13(17-7-10)8-2-3-8/h6-9H,2-5H2,1H3. The van der Waals surface area contributed by atoms with Crippen molar-refractivity contribution in [3.63, 3.8) is 0 Å². The number of imidazole rings is 1. The Morgan fingerprint density at radius 2 is 1.74 bits per heavy atom. The fourth-order valence-electron chi connectivity index (χ4n) is 2.51. The Hall–Kier alpha value is -1.23. The summed E-state index contributed by atoms with van der Waals surface area (Å²) in [4.78, 5) is 13.6. The molecular formula is C14H15BrN4. The fourth-order valence-corrected chi connectivity index (χ4v) is 3.19. The molecule has 0 saturated heterocycles. The van der Waals surface area contributed by atoms with E-state index in [1.54, 1.807) is 0 Å². The van der Waals surface area contributed by atoms with Gasteiger partial charge in [0.1, 0.15) is 16.3 Å². The Morgan fingerprint density at radius 3 is 2.32 bits per heavy atom. The van der Waals surface area contributed by atoms with Crippen molar-refractivity contribution in [3.05, 3.63) is 28.6 Å². The lowest BCUT2D eigenvalue weighted by Gasteiger charge is -2.06.